The molecule has 2 aromatic rings. The minimum Gasteiger partial charge on any atom is -0.292 e. The Bertz CT molecular complexity index is 1230. The highest BCUT2D eigenvalue weighted by Gasteiger charge is 2.63. The van der Waals surface area contributed by atoms with Gasteiger partial charge < -0.3 is 0 Å². The standard InChI is InChI=1S/C26H22Cl3FN2O4/c27-10-9-20(23(33)13-3-6-17(30)7-4-13)31(24(34)16-5-8-18(28)19(29)12-16)32-25(35)21-14-1-2-15(11-14)22(21)26(32)36/h3-8,12,14-15,20-22H,1-2,9-11H2/t14-,15-,20+,21-,22+/m0/s1. The molecule has 3 amide bonds. The topological polar surface area (TPSA) is 74.8 Å². The smallest absolute Gasteiger partial charge is 0.273 e. The second-order valence-electron chi connectivity index (χ2n) is 9.52. The number of carbonyl (C=O) groups is 4. The van der Waals surface area contributed by atoms with Crippen molar-refractivity contribution in [1.82, 2.24) is 10.0 Å². The van der Waals surface area contributed by atoms with Gasteiger partial charge in [-0.1, -0.05) is 23.2 Å². The lowest BCUT2D eigenvalue weighted by Crippen LogP contribution is -2.58. The largest absolute Gasteiger partial charge is 0.292 e. The molecule has 2 aromatic carbocycles. The molecule has 0 aromatic heterocycles. The summed E-state index contributed by atoms with van der Waals surface area (Å²) in [4.78, 5) is 54.9. The van der Waals surface area contributed by atoms with Crippen LogP contribution < -0.4 is 0 Å². The van der Waals surface area contributed by atoms with Gasteiger partial charge in [-0.15, -0.1) is 11.6 Å². The van der Waals surface area contributed by atoms with Crippen LogP contribution >= 0.6 is 34.8 Å². The van der Waals surface area contributed by atoms with Crippen LogP contribution in [-0.2, 0) is 9.59 Å². The summed E-state index contributed by atoms with van der Waals surface area (Å²) in [5.74, 6) is -3.66. The maximum atomic E-state index is 13.9. The lowest BCUT2D eigenvalue weighted by atomic mass is 9.81. The Morgan fingerprint density at radius 1 is 0.944 bits per heavy atom. The molecule has 5 atom stereocenters. The van der Waals surface area contributed by atoms with Crippen molar-refractivity contribution < 1.29 is 23.6 Å². The maximum absolute atomic E-state index is 13.9. The molecular weight excluding hydrogens is 530 g/mol. The third-order valence-corrected chi connectivity index (χ3v) is 8.56. The van der Waals surface area contributed by atoms with Crippen LogP contribution in [0.3, 0.4) is 0 Å². The molecule has 3 fully saturated rings. The van der Waals surface area contributed by atoms with Crippen molar-refractivity contribution in [3.05, 3.63) is 69.5 Å². The van der Waals surface area contributed by atoms with Gasteiger partial charge in [0.25, 0.3) is 17.7 Å². The molecule has 0 N–H and O–H groups in total. The van der Waals surface area contributed by atoms with Crippen molar-refractivity contribution >= 4 is 58.3 Å². The van der Waals surface area contributed by atoms with Gasteiger partial charge in [0.2, 0.25) is 0 Å². The average molecular weight is 552 g/mol. The number of amides is 3. The number of imide groups is 1. The first-order valence-corrected chi connectivity index (χ1v) is 13.0. The van der Waals surface area contributed by atoms with Crippen LogP contribution in [0.25, 0.3) is 0 Å². The molecule has 1 aliphatic heterocycles. The number of alkyl halides is 1. The van der Waals surface area contributed by atoms with Crippen LogP contribution in [-0.4, -0.2) is 45.4 Å². The van der Waals surface area contributed by atoms with E-state index in [1.165, 1.54) is 30.3 Å². The number of rotatable bonds is 7. The number of fused-ring (bicyclic) bond motifs is 5. The molecule has 10 heteroatoms. The molecule has 0 spiro atoms. The summed E-state index contributed by atoms with van der Waals surface area (Å²) in [6.45, 7) is 0. The molecule has 0 unspecified atom stereocenters. The number of hydrazine groups is 1. The van der Waals surface area contributed by atoms with Crippen LogP contribution in [0.2, 0.25) is 10.0 Å². The molecule has 2 aliphatic carbocycles. The van der Waals surface area contributed by atoms with Crippen molar-refractivity contribution in [2.45, 2.75) is 31.7 Å². The van der Waals surface area contributed by atoms with Crippen LogP contribution in [0.4, 0.5) is 4.39 Å². The number of benzene rings is 2. The molecule has 0 radical (unpaired) electrons. The van der Waals surface area contributed by atoms with E-state index in [2.05, 4.69) is 0 Å². The fraction of sp³-hybridized carbons (Fsp3) is 0.385. The zero-order chi connectivity index (χ0) is 25.7. The minimum atomic E-state index is -1.28. The lowest BCUT2D eigenvalue weighted by Gasteiger charge is -2.36. The molecule has 3 aliphatic rings. The third-order valence-electron chi connectivity index (χ3n) is 7.60. The second-order valence-corrected chi connectivity index (χ2v) is 10.7. The summed E-state index contributed by atoms with van der Waals surface area (Å²) in [5.41, 5.74) is 0.175. The Morgan fingerprint density at radius 3 is 2.08 bits per heavy atom. The van der Waals surface area contributed by atoms with E-state index < -0.39 is 47.2 Å². The molecule has 1 saturated heterocycles. The van der Waals surface area contributed by atoms with Crippen molar-refractivity contribution in [3.63, 3.8) is 0 Å². The first kappa shape index (κ1) is 25.2. The van der Waals surface area contributed by atoms with Gasteiger partial charge in [-0.2, -0.15) is 5.01 Å². The van der Waals surface area contributed by atoms with E-state index in [9.17, 15) is 23.6 Å². The summed E-state index contributed by atoms with van der Waals surface area (Å²) >= 11 is 18.2. The van der Waals surface area contributed by atoms with Crippen molar-refractivity contribution in [3.8, 4) is 0 Å². The minimum absolute atomic E-state index is 0.0307. The van der Waals surface area contributed by atoms with Crippen LogP contribution in [0.1, 0.15) is 46.4 Å². The summed E-state index contributed by atoms with van der Waals surface area (Å²) in [6, 6.07) is 7.74. The van der Waals surface area contributed by atoms with Crippen LogP contribution in [0.15, 0.2) is 42.5 Å². The summed E-state index contributed by atoms with van der Waals surface area (Å²) in [5, 5.41) is 2.13. The Kier molecular flexibility index (Phi) is 6.83. The Labute approximate surface area is 222 Å². The zero-order valence-corrected chi connectivity index (χ0v) is 21.3. The second kappa shape index (κ2) is 9.77. The number of hydrogen-bond donors (Lipinski definition) is 0. The van der Waals surface area contributed by atoms with Gasteiger partial charge in [0.05, 0.1) is 21.9 Å². The van der Waals surface area contributed by atoms with Gasteiger partial charge >= 0.3 is 0 Å². The summed E-state index contributed by atoms with van der Waals surface area (Å²) in [6.07, 6.45) is 2.50. The zero-order valence-electron chi connectivity index (χ0n) is 19.0. The summed E-state index contributed by atoms with van der Waals surface area (Å²) < 4.78 is 13.5. The fourth-order valence-electron chi connectivity index (χ4n) is 6.01. The molecule has 36 heavy (non-hydrogen) atoms. The van der Waals surface area contributed by atoms with Crippen molar-refractivity contribution in [2.75, 3.05) is 5.88 Å². The Morgan fingerprint density at radius 2 is 1.53 bits per heavy atom. The molecule has 6 nitrogen and oxygen atoms in total. The number of carbonyl (C=O) groups excluding carboxylic acids is 4. The van der Waals surface area contributed by atoms with E-state index in [4.69, 9.17) is 34.8 Å². The molecule has 2 bridgehead atoms. The number of ketones is 1. The highest BCUT2D eigenvalue weighted by atomic mass is 35.5. The predicted octanol–water partition coefficient (Wildman–Crippen LogP) is 5.40. The van der Waals surface area contributed by atoms with Gasteiger partial charge in [0, 0.05) is 17.0 Å². The summed E-state index contributed by atoms with van der Waals surface area (Å²) in [7, 11) is 0. The van der Waals surface area contributed by atoms with Gasteiger partial charge in [-0.05, 0) is 80.0 Å². The van der Waals surface area contributed by atoms with Crippen molar-refractivity contribution in [2.24, 2.45) is 23.7 Å². The predicted molar refractivity (Wildman–Crippen MR) is 132 cm³/mol. The third kappa shape index (κ3) is 4.11. The normalized spacial score (nSPS) is 25.3. The van der Waals surface area contributed by atoms with E-state index in [1.807, 2.05) is 0 Å². The quantitative estimate of drug-likeness (QED) is 0.262. The Hall–Kier alpha value is -2.48. The molecule has 1 heterocycles. The van der Waals surface area contributed by atoms with Gasteiger partial charge in [-0.3, -0.25) is 19.2 Å². The average Bonchev–Trinajstić information content (AvgIpc) is 3.55. The number of halogens is 4. The molecule has 188 valence electrons. The number of Topliss-reactive ketones (excluding diaryl/α,β-unsaturated/α-hetero) is 1. The van der Waals surface area contributed by atoms with E-state index in [-0.39, 0.29) is 45.3 Å². The maximum Gasteiger partial charge on any atom is 0.273 e. The fourth-order valence-corrected chi connectivity index (χ4v) is 6.52. The Balaban J connectivity index is 1.60. The number of hydrogen-bond acceptors (Lipinski definition) is 4. The van der Waals surface area contributed by atoms with E-state index in [0.717, 1.165) is 41.4 Å². The van der Waals surface area contributed by atoms with Crippen molar-refractivity contribution in [1.29, 1.82) is 0 Å². The lowest BCUT2D eigenvalue weighted by molar-refractivity contribution is -0.157. The monoisotopic (exact) mass is 550 g/mol. The highest BCUT2D eigenvalue weighted by molar-refractivity contribution is 6.42. The highest BCUT2D eigenvalue weighted by Crippen LogP contribution is 2.56. The SMILES string of the molecule is O=C(c1ccc(F)cc1)[C@@H](CCCl)N(C(=O)c1ccc(Cl)c(Cl)c1)N1C(=O)[C@@H]2[C@H]3CC[C@@H](C3)[C@@H]2C1=O. The molecule has 2 saturated carbocycles. The van der Waals surface area contributed by atoms with Gasteiger partial charge in [0.1, 0.15) is 11.9 Å². The molecular formula is C26H22Cl3FN2O4. The van der Waals surface area contributed by atoms with Crippen LogP contribution in [0.5, 0.6) is 0 Å². The first-order chi connectivity index (χ1) is 17.2. The van der Waals surface area contributed by atoms with Gasteiger partial charge in [0.15, 0.2) is 5.78 Å². The van der Waals surface area contributed by atoms with Crippen LogP contribution in [0, 0.1) is 29.5 Å². The van der Waals surface area contributed by atoms with E-state index in [0.29, 0.717) is 0 Å². The number of nitrogens with zero attached hydrogens (tertiary/aromatic N) is 2. The van der Waals surface area contributed by atoms with E-state index in [1.54, 1.807) is 0 Å². The van der Waals surface area contributed by atoms with E-state index >= 15 is 0 Å². The first-order valence-electron chi connectivity index (χ1n) is 11.7. The molecule has 5 rings (SSSR count). The van der Waals surface area contributed by atoms with Gasteiger partial charge in [-0.25, -0.2) is 9.40 Å².